The molecule has 0 saturated carbocycles. The van der Waals surface area contributed by atoms with E-state index in [9.17, 15) is 9.59 Å². The third-order valence-corrected chi connectivity index (χ3v) is 4.10. The molecule has 1 aliphatic heterocycles. The minimum Gasteiger partial charge on any atom is -0.339 e. The van der Waals surface area contributed by atoms with Gasteiger partial charge in [-0.15, -0.1) is 0 Å². The van der Waals surface area contributed by atoms with Gasteiger partial charge in [-0.1, -0.05) is 17.7 Å². The molecule has 118 valence electrons. The summed E-state index contributed by atoms with van der Waals surface area (Å²) in [5.41, 5.74) is 3.09. The maximum Gasteiger partial charge on any atom is 0.255 e. The summed E-state index contributed by atoms with van der Waals surface area (Å²) in [4.78, 5) is 26.3. The van der Waals surface area contributed by atoms with E-state index < -0.39 is 0 Å². The number of likely N-dealkylation sites (tertiary alicyclic amines) is 1. The number of nitrogens with one attached hydrogen (secondary N) is 1. The third kappa shape index (κ3) is 3.59. The second kappa shape index (κ2) is 6.65. The standard InChI is InChI=1S/C19H20N2O2/c1-14-4-6-15(7-5-14)18(22)20-17-10-8-16(9-11-17)19(23)21-12-2-3-13-21/h4-11H,2-3,12-13H2,1H3,(H,20,22). The molecule has 0 unspecified atom stereocenters. The Morgan fingerprint density at radius 2 is 1.43 bits per heavy atom. The largest absolute Gasteiger partial charge is 0.339 e. The molecule has 2 aromatic rings. The second-order valence-electron chi connectivity index (χ2n) is 5.90. The Hall–Kier alpha value is -2.62. The van der Waals surface area contributed by atoms with Crippen LogP contribution in [0.4, 0.5) is 5.69 Å². The molecule has 1 aliphatic rings. The fourth-order valence-electron chi connectivity index (χ4n) is 2.71. The van der Waals surface area contributed by atoms with Crippen LogP contribution in [-0.4, -0.2) is 29.8 Å². The predicted molar refractivity (Wildman–Crippen MR) is 90.7 cm³/mol. The quantitative estimate of drug-likeness (QED) is 0.943. The van der Waals surface area contributed by atoms with Gasteiger partial charge in [0.2, 0.25) is 0 Å². The molecule has 0 radical (unpaired) electrons. The van der Waals surface area contributed by atoms with E-state index in [2.05, 4.69) is 5.32 Å². The maximum atomic E-state index is 12.3. The van der Waals surface area contributed by atoms with Crippen molar-refractivity contribution in [2.45, 2.75) is 19.8 Å². The van der Waals surface area contributed by atoms with Crippen molar-refractivity contribution in [3.63, 3.8) is 0 Å². The topological polar surface area (TPSA) is 49.4 Å². The SMILES string of the molecule is Cc1ccc(C(=O)Nc2ccc(C(=O)N3CCCC3)cc2)cc1. The molecule has 1 fully saturated rings. The lowest BCUT2D eigenvalue weighted by atomic mass is 10.1. The highest BCUT2D eigenvalue weighted by Crippen LogP contribution is 2.16. The van der Waals surface area contributed by atoms with Gasteiger partial charge in [-0.05, 0) is 56.2 Å². The van der Waals surface area contributed by atoms with Crippen LogP contribution >= 0.6 is 0 Å². The predicted octanol–water partition coefficient (Wildman–Crippen LogP) is 3.48. The molecule has 0 aliphatic carbocycles. The minimum absolute atomic E-state index is 0.0684. The van der Waals surface area contributed by atoms with Crippen molar-refractivity contribution in [1.29, 1.82) is 0 Å². The van der Waals surface area contributed by atoms with Crippen LogP contribution in [0.15, 0.2) is 48.5 Å². The highest BCUT2D eigenvalue weighted by molar-refractivity contribution is 6.04. The molecule has 1 saturated heterocycles. The Morgan fingerprint density at radius 3 is 2.04 bits per heavy atom. The number of amides is 2. The highest BCUT2D eigenvalue weighted by atomic mass is 16.2. The van der Waals surface area contributed by atoms with Crippen molar-refractivity contribution in [1.82, 2.24) is 4.90 Å². The maximum absolute atomic E-state index is 12.3. The van der Waals surface area contributed by atoms with Crippen molar-refractivity contribution in [3.8, 4) is 0 Å². The lowest BCUT2D eigenvalue weighted by Crippen LogP contribution is -2.27. The van der Waals surface area contributed by atoms with E-state index in [4.69, 9.17) is 0 Å². The van der Waals surface area contributed by atoms with Gasteiger partial charge in [0.15, 0.2) is 0 Å². The molecule has 23 heavy (non-hydrogen) atoms. The molecule has 0 bridgehead atoms. The molecule has 2 amide bonds. The molecule has 4 nitrogen and oxygen atoms in total. The molecule has 1 heterocycles. The van der Waals surface area contributed by atoms with Crippen molar-refractivity contribution < 1.29 is 9.59 Å². The van der Waals surface area contributed by atoms with Gasteiger partial charge in [0.1, 0.15) is 0 Å². The van der Waals surface area contributed by atoms with Crippen LogP contribution in [0, 0.1) is 6.92 Å². The van der Waals surface area contributed by atoms with Crippen LogP contribution in [0.1, 0.15) is 39.1 Å². The van der Waals surface area contributed by atoms with Crippen LogP contribution in [0.2, 0.25) is 0 Å². The Bertz CT molecular complexity index is 699. The molecule has 0 aromatic heterocycles. The molecule has 4 heteroatoms. The highest BCUT2D eigenvalue weighted by Gasteiger charge is 2.19. The van der Waals surface area contributed by atoms with Gasteiger partial charge in [-0.2, -0.15) is 0 Å². The minimum atomic E-state index is -0.149. The van der Waals surface area contributed by atoms with Crippen molar-refractivity contribution in [3.05, 3.63) is 65.2 Å². The molecule has 2 aromatic carbocycles. The molecule has 0 spiro atoms. The van der Waals surface area contributed by atoms with Gasteiger partial charge in [0.25, 0.3) is 11.8 Å². The van der Waals surface area contributed by atoms with E-state index >= 15 is 0 Å². The first-order valence-corrected chi connectivity index (χ1v) is 7.91. The summed E-state index contributed by atoms with van der Waals surface area (Å²) < 4.78 is 0. The summed E-state index contributed by atoms with van der Waals surface area (Å²) >= 11 is 0. The molecule has 1 N–H and O–H groups in total. The number of rotatable bonds is 3. The van der Waals surface area contributed by atoms with E-state index in [1.807, 2.05) is 24.0 Å². The van der Waals surface area contributed by atoms with Crippen LogP contribution in [0.25, 0.3) is 0 Å². The summed E-state index contributed by atoms with van der Waals surface area (Å²) in [6.07, 6.45) is 2.16. The summed E-state index contributed by atoms with van der Waals surface area (Å²) in [6.45, 7) is 3.66. The van der Waals surface area contributed by atoms with E-state index in [1.165, 1.54) is 0 Å². The summed E-state index contributed by atoms with van der Waals surface area (Å²) in [5.74, 6) is -0.0810. The monoisotopic (exact) mass is 308 g/mol. The molecular formula is C19H20N2O2. The zero-order valence-corrected chi connectivity index (χ0v) is 13.2. The van der Waals surface area contributed by atoms with Crippen molar-refractivity contribution >= 4 is 17.5 Å². The first-order valence-electron chi connectivity index (χ1n) is 7.91. The van der Waals surface area contributed by atoms with Crippen LogP contribution < -0.4 is 5.32 Å². The van der Waals surface area contributed by atoms with Crippen molar-refractivity contribution in [2.24, 2.45) is 0 Å². The first-order chi connectivity index (χ1) is 11.1. The van der Waals surface area contributed by atoms with Gasteiger partial charge in [0, 0.05) is 29.9 Å². The number of hydrogen-bond donors (Lipinski definition) is 1. The Labute approximate surface area is 136 Å². The number of nitrogens with zero attached hydrogens (tertiary/aromatic N) is 1. The number of benzene rings is 2. The first kappa shape index (κ1) is 15.3. The van der Waals surface area contributed by atoms with Gasteiger partial charge in [-0.3, -0.25) is 9.59 Å². The zero-order chi connectivity index (χ0) is 16.2. The van der Waals surface area contributed by atoms with Crippen LogP contribution in [0.3, 0.4) is 0 Å². The van der Waals surface area contributed by atoms with Crippen LogP contribution in [0.5, 0.6) is 0 Å². The van der Waals surface area contributed by atoms with E-state index in [-0.39, 0.29) is 11.8 Å². The Balaban J connectivity index is 1.66. The van der Waals surface area contributed by atoms with Crippen molar-refractivity contribution in [2.75, 3.05) is 18.4 Å². The summed E-state index contributed by atoms with van der Waals surface area (Å²) in [7, 11) is 0. The number of anilines is 1. The molecular weight excluding hydrogens is 288 g/mol. The average Bonchev–Trinajstić information content (AvgIpc) is 3.10. The van der Waals surface area contributed by atoms with Gasteiger partial charge in [0.05, 0.1) is 0 Å². The van der Waals surface area contributed by atoms with Gasteiger partial charge < -0.3 is 10.2 Å². The fraction of sp³-hybridized carbons (Fsp3) is 0.263. The van der Waals surface area contributed by atoms with E-state index in [0.717, 1.165) is 31.5 Å². The lowest BCUT2D eigenvalue weighted by Gasteiger charge is -2.15. The fourth-order valence-corrected chi connectivity index (χ4v) is 2.71. The Kier molecular flexibility index (Phi) is 4.42. The van der Waals surface area contributed by atoms with E-state index in [0.29, 0.717) is 16.8 Å². The normalized spacial score (nSPS) is 13.9. The third-order valence-electron chi connectivity index (χ3n) is 4.10. The number of carbonyl (C=O) groups excluding carboxylic acids is 2. The smallest absolute Gasteiger partial charge is 0.255 e. The molecule has 3 rings (SSSR count). The lowest BCUT2D eigenvalue weighted by molar-refractivity contribution is 0.0792. The summed E-state index contributed by atoms with van der Waals surface area (Å²) in [6, 6.07) is 14.5. The van der Waals surface area contributed by atoms with Crippen LogP contribution in [-0.2, 0) is 0 Å². The van der Waals surface area contributed by atoms with Gasteiger partial charge >= 0.3 is 0 Å². The van der Waals surface area contributed by atoms with Gasteiger partial charge in [-0.25, -0.2) is 0 Å². The number of aryl methyl sites for hydroxylation is 1. The number of carbonyl (C=O) groups is 2. The summed E-state index contributed by atoms with van der Waals surface area (Å²) in [5, 5.41) is 2.85. The number of hydrogen-bond acceptors (Lipinski definition) is 2. The Morgan fingerprint density at radius 1 is 0.870 bits per heavy atom. The second-order valence-corrected chi connectivity index (χ2v) is 5.90. The van der Waals surface area contributed by atoms with E-state index in [1.54, 1.807) is 36.4 Å². The molecule has 0 atom stereocenters. The average molecular weight is 308 g/mol. The zero-order valence-electron chi connectivity index (χ0n) is 13.2.